The molecule has 0 unspecified atom stereocenters. The van der Waals surface area contributed by atoms with Crippen molar-refractivity contribution in [3.8, 4) is 5.75 Å². The summed E-state index contributed by atoms with van der Waals surface area (Å²) in [5.74, 6) is 1.14. The minimum atomic E-state index is 0.0221. The Morgan fingerprint density at radius 1 is 0.968 bits per heavy atom. The topological polar surface area (TPSA) is 50.4 Å². The van der Waals surface area contributed by atoms with Gasteiger partial charge >= 0.3 is 0 Å². The lowest BCUT2D eigenvalue weighted by atomic mass is 10.1. The van der Waals surface area contributed by atoms with Crippen molar-refractivity contribution in [1.82, 2.24) is 0 Å². The summed E-state index contributed by atoms with van der Waals surface area (Å²) < 4.78 is 6.11. The molecule has 0 aliphatic heterocycles. The summed E-state index contributed by atoms with van der Waals surface area (Å²) in [4.78, 5) is 12.0. The van der Waals surface area contributed by atoms with Crippen molar-refractivity contribution < 1.29 is 9.53 Å². The van der Waals surface area contributed by atoms with Crippen LogP contribution >= 0.6 is 11.6 Å². The van der Waals surface area contributed by atoms with Crippen LogP contribution in [0.15, 0.2) is 66.7 Å². The van der Waals surface area contributed by atoms with Crippen LogP contribution in [0.5, 0.6) is 5.75 Å². The molecule has 0 saturated heterocycles. The van der Waals surface area contributed by atoms with Crippen molar-refractivity contribution in [2.24, 2.45) is 5.92 Å². The normalized spacial score (nSPS) is 10.7. The van der Waals surface area contributed by atoms with Crippen molar-refractivity contribution in [2.45, 2.75) is 40.3 Å². The summed E-state index contributed by atoms with van der Waals surface area (Å²) in [6.45, 7) is 7.18. The molecule has 0 aliphatic rings. The van der Waals surface area contributed by atoms with Gasteiger partial charge in [0, 0.05) is 34.9 Å². The van der Waals surface area contributed by atoms with E-state index in [4.69, 9.17) is 16.3 Å². The highest BCUT2D eigenvalue weighted by molar-refractivity contribution is 6.30. The molecule has 4 nitrogen and oxygen atoms in total. The highest BCUT2D eigenvalue weighted by Crippen LogP contribution is 2.26. The van der Waals surface area contributed by atoms with Gasteiger partial charge in [-0.2, -0.15) is 0 Å². The number of carbonyl (C=O) groups excluding carboxylic acids is 1. The molecule has 3 rings (SSSR count). The fourth-order valence-electron chi connectivity index (χ4n) is 3.24. The van der Waals surface area contributed by atoms with E-state index in [9.17, 15) is 4.79 Å². The van der Waals surface area contributed by atoms with Crippen LogP contribution in [0.4, 0.5) is 11.4 Å². The van der Waals surface area contributed by atoms with Gasteiger partial charge in [-0.1, -0.05) is 55.8 Å². The van der Waals surface area contributed by atoms with E-state index in [0.29, 0.717) is 30.5 Å². The number of nitrogens with one attached hydrogen (secondary N) is 2. The third kappa shape index (κ3) is 7.04. The SMILES string of the molecule is Cc1ccccc1COc1ccc(Cl)cc1CNc1cccc(NC(=O)CC(C)C)c1. The molecule has 0 spiro atoms. The van der Waals surface area contributed by atoms with Crippen LogP contribution < -0.4 is 15.4 Å². The van der Waals surface area contributed by atoms with Gasteiger partial charge in [-0.05, 0) is 60.4 Å². The van der Waals surface area contributed by atoms with E-state index < -0.39 is 0 Å². The largest absolute Gasteiger partial charge is 0.489 e. The van der Waals surface area contributed by atoms with Gasteiger partial charge in [-0.25, -0.2) is 0 Å². The minimum absolute atomic E-state index is 0.0221. The van der Waals surface area contributed by atoms with E-state index >= 15 is 0 Å². The van der Waals surface area contributed by atoms with Crippen LogP contribution in [0.1, 0.15) is 37.0 Å². The van der Waals surface area contributed by atoms with Crippen molar-refractivity contribution in [2.75, 3.05) is 10.6 Å². The maximum absolute atomic E-state index is 12.0. The Labute approximate surface area is 189 Å². The lowest BCUT2D eigenvalue weighted by molar-refractivity contribution is -0.116. The van der Waals surface area contributed by atoms with Gasteiger partial charge in [0.25, 0.3) is 0 Å². The van der Waals surface area contributed by atoms with Gasteiger partial charge in [0.05, 0.1) is 0 Å². The third-order valence-electron chi connectivity index (χ3n) is 4.89. The first kappa shape index (κ1) is 22.7. The molecule has 0 bridgehead atoms. The Kier molecular flexibility index (Phi) is 7.96. The molecule has 3 aromatic rings. The molecule has 0 aliphatic carbocycles. The fraction of sp³-hybridized carbons (Fsp3) is 0.269. The monoisotopic (exact) mass is 436 g/mol. The number of amides is 1. The van der Waals surface area contributed by atoms with E-state index in [1.807, 2.05) is 68.4 Å². The zero-order valence-electron chi connectivity index (χ0n) is 18.2. The number of hydrogen-bond acceptors (Lipinski definition) is 3. The first-order valence-corrected chi connectivity index (χ1v) is 10.9. The molecule has 162 valence electrons. The second-order valence-corrected chi connectivity index (χ2v) is 8.48. The molecule has 1 amide bonds. The molecule has 0 heterocycles. The Hall–Kier alpha value is -2.98. The zero-order valence-corrected chi connectivity index (χ0v) is 19.0. The highest BCUT2D eigenvalue weighted by atomic mass is 35.5. The predicted octanol–water partition coefficient (Wildman–Crippen LogP) is 6.82. The zero-order chi connectivity index (χ0) is 22.2. The Morgan fingerprint density at radius 2 is 1.74 bits per heavy atom. The van der Waals surface area contributed by atoms with Gasteiger partial charge < -0.3 is 15.4 Å². The van der Waals surface area contributed by atoms with Crippen LogP contribution in [0.3, 0.4) is 0 Å². The second kappa shape index (κ2) is 10.9. The number of rotatable bonds is 9. The molecule has 5 heteroatoms. The maximum Gasteiger partial charge on any atom is 0.224 e. The van der Waals surface area contributed by atoms with E-state index in [0.717, 1.165) is 28.3 Å². The van der Waals surface area contributed by atoms with E-state index in [1.54, 1.807) is 0 Å². The van der Waals surface area contributed by atoms with Crippen LogP contribution in [0.25, 0.3) is 0 Å². The second-order valence-electron chi connectivity index (χ2n) is 8.05. The summed E-state index contributed by atoms with van der Waals surface area (Å²) in [6, 6.07) is 21.5. The van der Waals surface area contributed by atoms with E-state index in [-0.39, 0.29) is 5.91 Å². The first-order valence-electron chi connectivity index (χ1n) is 10.5. The molecule has 0 saturated carbocycles. The molecule has 3 aromatic carbocycles. The maximum atomic E-state index is 12.0. The first-order chi connectivity index (χ1) is 14.9. The van der Waals surface area contributed by atoms with Crippen molar-refractivity contribution in [3.05, 3.63) is 88.4 Å². The molecule has 0 fully saturated rings. The number of ether oxygens (including phenoxy) is 1. The quantitative estimate of drug-likeness (QED) is 0.386. The highest BCUT2D eigenvalue weighted by Gasteiger charge is 2.08. The van der Waals surface area contributed by atoms with Crippen LogP contribution in [-0.2, 0) is 17.9 Å². The van der Waals surface area contributed by atoms with Gasteiger partial charge in [0.1, 0.15) is 12.4 Å². The van der Waals surface area contributed by atoms with Crippen molar-refractivity contribution >= 4 is 28.9 Å². The third-order valence-corrected chi connectivity index (χ3v) is 5.12. The Balaban J connectivity index is 1.66. The van der Waals surface area contributed by atoms with E-state index in [1.165, 1.54) is 5.56 Å². The Bertz CT molecular complexity index is 1030. The molecular formula is C26H29ClN2O2. The molecule has 31 heavy (non-hydrogen) atoms. The number of benzene rings is 3. The van der Waals surface area contributed by atoms with Crippen LogP contribution in [0.2, 0.25) is 5.02 Å². The summed E-state index contributed by atoms with van der Waals surface area (Å²) in [5, 5.41) is 7.02. The summed E-state index contributed by atoms with van der Waals surface area (Å²) in [7, 11) is 0. The van der Waals surface area contributed by atoms with Gasteiger partial charge in [-0.3, -0.25) is 4.79 Å². The summed E-state index contributed by atoms with van der Waals surface area (Å²) >= 11 is 6.23. The lowest BCUT2D eigenvalue weighted by Crippen LogP contribution is -2.14. The minimum Gasteiger partial charge on any atom is -0.489 e. The smallest absolute Gasteiger partial charge is 0.224 e. The van der Waals surface area contributed by atoms with Crippen molar-refractivity contribution in [1.29, 1.82) is 0 Å². The van der Waals surface area contributed by atoms with Gasteiger partial charge in [0.2, 0.25) is 5.91 Å². The number of carbonyl (C=O) groups is 1. The molecule has 0 aromatic heterocycles. The number of anilines is 2. The molecule has 0 radical (unpaired) electrons. The standard InChI is InChI=1S/C26H29ClN2O2/c1-18(2)13-26(30)29-24-10-6-9-23(15-24)28-16-21-14-22(27)11-12-25(21)31-17-20-8-5-4-7-19(20)3/h4-12,14-15,18,28H,13,16-17H2,1-3H3,(H,29,30). The lowest BCUT2D eigenvalue weighted by Gasteiger charge is -2.15. The molecule has 2 N–H and O–H groups in total. The van der Waals surface area contributed by atoms with Gasteiger partial charge in [0.15, 0.2) is 0 Å². The van der Waals surface area contributed by atoms with Crippen molar-refractivity contribution in [3.63, 3.8) is 0 Å². The molecule has 0 atom stereocenters. The van der Waals surface area contributed by atoms with Crippen LogP contribution in [0, 0.1) is 12.8 Å². The predicted molar refractivity (Wildman–Crippen MR) is 129 cm³/mol. The van der Waals surface area contributed by atoms with Gasteiger partial charge in [-0.15, -0.1) is 0 Å². The van der Waals surface area contributed by atoms with E-state index in [2.05, 4.69) is 29.7 Å². The van der Waals surface area contributed by atoms with Crippen LogP contribution in [-0.4, -0.2) is 5.91 Å². The summed E-state index contributed by atoms with van der Waals surface area (Å²) in [6.07, 6.45) is 0.502. The molecular weight excluding hydrogens is 408 g/mol. The average molecular weight is 437 g/mol. The number of hydrogen-bond donors (Lipinski definition) is 2. The Morgan fingerprint density at radius 3 is 2.52 bits per heavy atom. The number of aryl methyl sites for hydroxylation is 1. The fourth-order valence-corrected chi connectivity index (χ4v) is 3.44. The average Bonchev–Trinajstić information content (AvgIpc) is 2.72. The summed E-state index contributed by atoms with van der Waals surface area (Å²) in [5.41, 5.74) is 5.01. The number of halogens is 1.